The second kappa shape index (κ2) is 7.05. The molecule has 0 aliphatic heterocycles. The van der Waals surface area contributed by atoms with Crippen molar-refractivity contribution in [2.45, 2.75) is 12.8 Å². The van der Waals surface area contributed by atoms with Crippen molar-refractivity contribution in [1.29, 1.82) is 0 Å². The van der Waals surface area contributed by atoms with Crippen LogP contribution in [0.15, 0.2) is 96.2 Å². The summed E-state index contributed by atoms with van der Waals surface area (Å²) in [5.74, 6) is 0.141. The summed E-state index contributed by atoms with van der Waals surface area (Å²) in [7, 11) is 0. The van der Waals surface area contributed by atoms with Gasteiger partial charge in [-0.25, -0.2) is 0 Å². The zero-order valence-corrected chi connectivity index (χ0v) is 16.4. The highest BCUT2D eigenvalue weighted by Gasteiger charge is 2.27. The molecule has 138 valence electrons. The molecule has 1 heteroatoms. The molecule has 2 aliphatic rings. The standard InChI is InChI=1S/C28H21N/c1-3-11-25-22-15-8-10-17-24(22)27-23-16-9-7-14-21(23)19-12-5-6-13-20(18-19)26(27)28(25)29-4-2/h4-18,20H,1H2,2H3. The van der Waals surface area contributed by atoms with Gasteiger partial charge in [-0.15, -0.1) is 5.73 Å². The molecule has 0 N–H and O–H groups in total. The summed E-state index contributed by atoms with van der Waals surface area (Å²) in [4.78, 5) is 4.87. The van der Waals surface area contributed by atoms with Gasteiger partial charge in [-0.1, -0.05) is 85.5 Å². The number of aliphatic imine (C=N–C) groups is 1. The van der Waals surface area contributed by atoms with Gasteiger partial charge in [0.05, 0.1) is 5.69 Å². The number of fused-ring (bicyclic) bond motifs is 8. The fourth-order valence-corrected chi connectivity index (χ4v) is 4.56. The number of allylic oxidation sites excluding steroid dienone is 6. The summed E-state index contributed by atoms with van der Waals surface area (Å²) >= 11 is 0. The van der Waals surface area contributed by atoms with Crippen LogP contribution in [-0.4, -0.2) is 6.21 Å². The molecule has 5 rings (SSSR count). The van der Waals surface area contributed by atoms with E-state index in [9.17, 15) is 0 Å². The van der Waals surface area contributed by atoms with Crippen molar-refractivity contribution in [3.8, 4) is 11.1 Å². The van der Waals surface area contributed by atoms with Gasteiger partial charge in [0.15, 0.2) is 0 Å². The molecule has 2 aliphatic carbocycles. The van der Waals surface area contributed by atoms with Crippen LogP contribution in [0.25, 0.3) is 33.5 Å². The second-order valence-corrected chi connectivity index (χ2v) is 7.27. The molecule has 1 nitrogen and oxygen atoms in total. The van der Waals surface area contributed by atoms with E-state index in [0.717, 1.165) is 11.3 Å². The highest BCUT2D eigenvalue weighted by Crippen LogP contribution is 2.50. The van der Waals surface area contributed by atoms with E-state index in [0.29, 0.717) is 0 Å². The number of rotatable bonds is 2. The van der Waals surface area contributed by atoms with Gasteiger partial charge in [0, 0.05) is 17.7 Å². The first-order valence-electron chi connectivity index (χ1n) is 9.93. The average Bonchev–Trinajstić information content (AvgIpc) is 3.08. The van der Waals surface area contributed by atoms with Crippen molar-refractivity contribution in [3.63, 3.8) is 0 Å². The molecule has 29 heavy (non-hydrogen) atoms. The van der Waals surface area contributed by atoms with E-state index in [4.69, 9.17) is 4.99 Å². The molecule has 1 atom stereocenters. The Kier molecular flexibility index (Phi) is 4.24. The molecule has 0 fully saturated rings. The first kappa shape index (κ1) is 17.4. The van der Waals surface area contributed by atoms with E-state index in [1.165, 1.54) is 38.6 Å². The van der Waals surface area contributed by atoms with E-state index < -0.39 is 0 Å². The van der Waals surface area contributed by atoms with Gasteiger partial charge in [-0.3, -0.25) is 4.99 Å². The van der Waals surface area contributed by atoms with Crippen LogP contribution >= 0.6 is 0 Å². The van der Waals surface area contributed by atoms with Crippen LogP contribution in [0.2, 0.25) is 0 Å². The molecule has 0 saturated heterocycles. The van der Waals surface area contributed by atoms with Crippen LogP contribution in [0.5, 0.6) is 0 Å². The van der Waals surface area contributed by atoms with Crippen LogP contribution in [0.4, 0.5) is 5.69 Å². The van der Waals surface area contributed by atoms with Gasteiger partial charge in [0.2, 0.25) is 0 Å². The Morgan fingerprint density at radius 3 is 2.52 bits per heavy atom. The third-order valence-electron chi connectivity index (χ3n) is 5.68. The third-order valence-corrected chi connectivity index (χ3v) is 5.68. The molecule has 3 aromatic rings. The van der Waals surface area contributed by atoms with Crippen molar-refractivity contribution in [1.82, 2.24) is 0 Å². The normalized spacial score (nSPS) is 16.6. The lowest BCUT2D eigenvalue weighted by atomic mass is 9.83. The molecular formula is C28H21N. The van der Waals surface area contributed by atoms with Gasteiger partial charge in [0.1, 0.15) is 0 Å². The number of hydrogen-bond donors (Lipinski definition) is 0. The van der Waals surface area contributed by atoms with E-state index in [2.05, 4.69) is 91.2 Å². The van der Waals surface area contributed by atoms with Gasteiger partial charge in [-0.2, -0.15) is 0 Å². The molecule has 0 heterocycles. The van der Waals surface area contributed by atoms with Gasteiger partial charge < -0.3 is 0 Å². The predicted molar refractivity (Wildman–Crippen MR) is 126 cm³/mol. The van der Waals surface area contributed by atoms with Crippen LogP contribution in [-0.2, 0) is 0 Å². The first-order valence-corrected chi connectivity index (χ1v) is 9.93. The lowest BCUT2D eigenvalue weighted by Crippen LogP contribution is -1.99. The molecule has 0 amide bonds. The Morgan fingerprint density at radius 1 is 0.966 bits per heavy atom. The molecular weight excluding hydrogens is 350 g/mol. The van der Waals surface area contributed by atoms with Gasteiger partial charge in [0.25, 0.3) is 0 Å². The largest absolute Gasteiger partial charge is 0.261 e. The van der Waals surface area contributed by atoms with Gasteiger partial charge >= 0.3 is 0 Å². The fourth-order valence-electron chi connectivity index (χ4n) is 4.56. The fraction of sp³-hybridized carbons (Fsp3) is 0.0714. The molecule has 0 radical (unpaired) electrons. The third kappa shape index (κ3) is 2.68. The van der Waals surface area contributed by atoms with Crippen LogP contribution < -0.4 is 0 Å². The highest BCUT2D eigenvalue weighted by atomic mass is 14.7. The Balaban J connectivity index is 2.07. The zero-order valence-electron chi connectivity index (χ0n) is 16.4. The second-order valence-electron chi connectivity index (χ2n) is 7.27. The Labute approximate surface area is 171 Å². The highest BCUT2D eigenvalue weighted by molar-refractivity contribution is 6.10. The maximum absolute atomic E-state index is 4.87. The van der Waals surface area contributed by atoms with Crippen LogP contribution in [0, 0.1) is 0 Å². The van der Waals surface area contributed by atoms with Crippen molar-refractivity contribution in [2.75, 3.05) is 0 Å². The summed E-state index contributed by atoms with van der Waals surface area (Å²) in [6.07, 6.45) is 14.9. The molecule has 0 saturated carbocycles. The predicted octanol–water partition coefficient (Wildman–Crippen LogP) is 7.63. The zero-order chi connectivity index (χ0) is 19.8. The maximum atomic E-state index is 4.87. The average molecular weight is 371 g/mol. The smallest absolute Gasteiger partial charge is 0.0757 e. The van der Waals surface area contributed by atoms with Crippen molar-refractivity contribution in [2.24, 2.45) is 4.99 Å². The summed E-state index contributed by atoms with van der Waals surface area (Å²) in [6.45, 7) is 5.81. The number of hydrogen-bond acceptors (Lipinski definition) is 1. The lowest BCUT2D eigenvalue weighted by molar-refractivity contribution is 1.10. The van der Waals surface area contributed by atoms with Crippen LogP contribution in [0.3, 0.4) is 0 Å². The maximum Gasteiger partial charge on any atom is 0.0757 e. The lowest BCUT2D eigenvalue weighted by Gasteiger charge is -2.22. The minimum atomic E-state index is 0.141. The SMILES string of the molecule is C=C=Cc1c(N=CC)c2c(c3ccccc13)-c1ccccc1C1=CC2C=CC=C1. The molecule has 0 aromatic heterocycles. The van der Waals surface area contributed by atoms with Crippen molar-refractivity contribution < 1.29 is 0 Å². The Hall–Kier alpha value is -3.67. The summed E-state index contributed by atoms with van der Waals surface area (Å²) in [5, 5.41) is 2.42. The van der Waals surface area contributed by atoms with Crippen molar-refractivity contribution in [3.05, 3.63) is 108 Å². The Bertz CT molecular complexity index is 1310. The summed E-state index contributed by atoms with van der Waals surface area (Å²) in [5.41, 5.74) is 11.4. The number of nitrogens with zero attached hydrogens (tertiary/aromatic N) is 1. The monoisotopic (exact) mass is 371 g/mol. The van der Waals surface area contributed by atoms with E-state index >= 15 is 0 Å². The minimum absolute atomic E-state index is 0.141. The topological polar surface area (TPSA) is 12.4 Å². The Morgan fingerprint density at radius 2 is 1.72 bits per heavy atom. The van der Waals surface area contributed by atoms with Gasteiger partial charge in [-0.05, 0) is 51.6 Å². The van der Waals surface area contributed by atoms with E-state index in [-0.39, 0.29) is 5.92 Å². The molecule has 0 spiro atoms. The van der Waals surface area contributed by atoms with E-state index in [1.54, 1.807) is 0 Å². The van der Waals surface area contributed by atoms with E-state index in [1.807, 2.05) is 19.2 Å². The molecule has 2 bridgehead atoms. The first-order chi connectivity index (χ1) is 14.3. The van der Waals surface area contributed by atoms with Crippen LogP contribution in [0.1, 0.15) is 29.5 Å². The molecule has 3 aromatic carbocycles. The van der Waals surface area contributed by atoms with Crippen molar-refractivity contribution >= 4 is 34.3 Å². The summed E-state index contributed by atoms with van der Waals surface area (Å²) < 4.78 is 0. The summed E-state index contributed by atoms with van der Waals surface area (Å²) in [6, 6.07) is 17.3. The number of benzene rings is 3. The minimum Gasteiger partial charge on any atom is -0.261 e. The molecule has 1 unspecified atom stereocenters. The quantitative estimate of drug-likeness (QED) is 0.324.